The summed E-state index contributed by atoms with van der Waals surface area (Å²) in [5.41, 5.74) is 6.20. The molecule has 1 aliphatic rings. The van der Waals surface area contributed by atoms with Gasteiger partial charge in [0.25, 0.3) is 0 Å². The molecule has 1 aliphatic carbocycles. The Morgan fingerprint density at radius 2 is 2.00 bits per heavy atom. The third kappa shape index (κ3) is 2.10. The van der Waals surface area contributed by atoms with E-state index in [1.165, 1.54) is 35.1 Å². The van der Waals surface area contributed by atoms with E-state index in [-0.39, 0.29) is 0 Å². The van der Waals surface area contributed by atoms with Crippen molar-refractivity contribution < 1.29 is 0 Å². The number of hydrogen-bond acceptors (Lipinski definition) is 1. The molecule has 0 spiro atoms. The van der Waals surface area contributed by atoms with Gasteiger partial charge in [0, 0.05) is 23.9 Å². The third-order valence-electron chi connectivity index (χ3n) is 3.29. The first-order valence-corrected chi connectivity index (χ1v) is 6.13. The summed E-state index contributed by atoms with van der Waals surface area (Å²) in [6.45, 7) is 2.01. The lowest BCUT2D eigenvalue weighted by atomic mass is 9.89. The summed E-state index contributed by atoms with van der Waals surface area (Å²) >= 11 is 0. The minimum Gasteiger partial charge on any atom is -0.261 e. The van der Waals surface area contributed by atoms with Gasteiger partial charge in [-0.2, -0.15) is 0 Å². The molecule has 0 N–H and O–H groups in total. The Hall–Kier alpha value is -1.63. The number of rotatable bonds is 1. The van der Waals surface area contributed by atoms with Crippen LogP contribution in [0.2, 0.25) is 0 Å². The lowest BCUT2D eigenvalue weighted by Gasteiger charge is -2.15. The molecule has 2 aromatic rings. The number of hydrogen-bond donors (Lipinski definition) is 0. The predicted molar refractivity (Wildman–Crippen MR) is 69.7 cm³/mol. The van der Waals surface area contributed by atoms with Crippen molar-refractivity contribution in [3.63, 3.8) is 0 Å². The molecule has 0 amide bonds. The van der Waals surface area contributed by atoms with Crippen molar-refractivity contribution in [2.45, 2.75) is 26.2 Å². The minimum absolute atomic E-state index is 1.06. The highest BCUT2D eigenvalue weighted by Gasteiger charge is 2.10. The van der Waals surface area contributed by atoms with E-state index in [0.717, 1.165) is 12.1 Å². The molecule has 0 aliphatic heterocycles. The van der Waals surface area contributed by atoms with Crippen LogP contribution < -0.4 is 0 Å². The number of nitrogens with zero attached hydrogens (tertiary/aromatic N) is 1. The van der Waals surface area contributed by atoms with E-state index in [1.54, 1.807) is 0 Å². The van der Waals surface area contributed by atoms with Gasteiger partial charge in [0.2, 0.25) is 0 Å². The molecule has 1 aromatic heterocycles. The maximum atomic E-state index is 4.35. The third-order valence-corrected chi connectivity index (χ3v) is 3.29. The Balaban J connectivity index is 2.01. The largest absolute Gasteiger partial charge is 0.261 e. The topological polar surface area (TPSA) is 12.9 Å². The van der Waals surface area contributed by atoms with Crippen molar-refractivity contribution >= 4 is 0 Å². The van der Waals surface area contributed by atoms with Gasteiger partial charge in [-0.25, -0.2) is 0 Å². The van der Waals surface area contributed by atoms with E-state index in [4.69, 9.17) is 0 Å². The maximum absolute atomic E-state index is 4.35. The van der Waals surface area contributed by atoms with Gasteiger partial charge in [0.05, 0.1) is 0 Å². The SMILES string of the molecule is Cc1ccc(-c2ccc3c(c2)[C]CCC3)cn1. The normalized spacial score (nSPS) is 14.4. The molecule has 0 saturated carbocycles. The van der Waals surface area contributed by atoms with E-state index in [0.29, 0.717) is 0 Å². The summed E-state index contributed by atoms with van der Waals surface area (Å²) in [4.78, 5) is 4.35. The van der Waals surface area contributed by atoms with Gasteiger partial charge in [0.15, 0.2) is 0 Å². The van der Waals surface area contributed by atoms with Crippen LogP contribution >= 0.6 is 0 Å². The van der Waals surface area contributed by atoms with Crippen molar-refractivity contribution in [1.29, 1.82) is 0 Å². The Bertz CT molecular complexity index is 526. The molecule has 0 bridgehead atoms. The zero-order chi connectivity index (χ0) is 11.7. The van der Waals surface area contributed by atoms with Crippen LogP contribution in [0.15, 0.2) is 36.5 Å². The van der Waals surface area contributed by atoms with Gasteiger partial charge in [-0.15, -0.1) is 0 Å². The highest BCUT2D eigenvalue weighted by molar-refractivity contribution is 5.65. The zero-order valence-electron chi connectivity index (χ0n) is 10.0. The van der Waals surface area contributed by atoms with Crippen LogP contribution in [0.1, 0.15) is 29.7 Å². The molecule has 1 aromatic carbocycles. The van der Waals surface area contributed by atoms with Crippen molar-refractivity contribution in [1.82, 2.24) is 4.98 Å². The summed E-state index contributed by atoms with van der Waals surface area (Å²) in [6.07, 6.45) is 8.92. The van der Waals surface area contributed by atoms with Crippen LogP contribution in [0, 0.1) is 13.3 Å². The number of fused-ring (bicyclic) bond motifs is 1. The predicted octanol–water partition coefficient (Wildman–Crippen LogP) is 3.82. The number of pyridine rings is 1. The highest BCUT2D eigenvalue weighted by Crippen LogP contribution is 2.28. The molecule has 1 heterocycles. The van der Waals surface area contributed by atoms with E-state index in [1.807, 2.05) is 13.1 Å². The van der Waals surface area contributed by atoms with Crippen LogP contribution in [0.5, 0.6) is 0 Å². The van der Waals surface area contributed by atoms with Crippen LogP contribution in [0.25, 0.3) is 11.1 Å². The van der Waals surface area contributed by atoms with Crippen molar-refractivity contribution in [2.75, 3.05) is 0 Å². The Morgan fingerprint density at radius 3 is 2.82 bits per heavy atom. The smallest absolute Gasteiger partial charge is 0.0373 e. The summed E-state index contributed by atoms with van der Waals surface area (Å²) in [6, 6.07) is 10.9. The van der Waals surface area contributed by atoms with Crippen molar-refractivity contribution in [3.05, 3.63) is 59.8 Å². The molecule has 0 unspecified atom stereocenters. The molecule has 84 valence electrons. The van der Waals surface area contributed by atoms with Crippen LogP contribution in [0.3, 0.4) is 0 Å². The summed E-state index contributed by atoms with van der Waals surface area (Å²) in [7, 11) is 0. The lowest BCUT2D eigenvalue weighted by molar-refractivity contribution is 0.775. The minimum atomic E-state index is 1.06. The van der Waals surface area contributed by atoms with Crippen LogP contribution in [-0.2, 0) is 6.42 Å². The fourth-order valence-corrected chi connectivity index (χ4v) is 2.28. The number of aryl methyl sites for hydroxylation is 2. The van der Waals surface area contributed by atoms with E-state index in [2.05, 4.69) is 41.7 Å². The Kier molecular flexibility index (Phi) is 2.68. The average molecular weight is 221 g/mol. The first-order chi connectivity index (χ1) is 8.33. The highest BCUT2D eigenvalue weighted by atomic mass is 14.7. The van der Waals surface area contributed by atoms with Crippen molar-refractivity contribution in [2.24, 2.45) is 0 Å². The molecular weight excluding hydrogens is 206 g/mol. The summed E-state index contributed by atoms with van der Waals surface area (Å²) in [5.74, 6) is 0. The molecule has 1 nitrogen and oxygen atoms in total. The van der Waals surface area contributed by atoms with E-state index < -0.39 is 0 Å². The second kappa shape index (κ2) is 4.33. The van der Waals surface area contributed by atoms with Crippen LogP contribution in [0.4, 0.5) is 0 Å². The van der Waals surface area contributed by atoms with Gasteiger partial charge in [0.1, 0.15) is 0 Å². The second-order valence-electron chi connectivity index (χ2n) is 4.59. The van der Waals surface area contributed by atoms with E-state index in [9.17, 15) is 0 Å². The van der Waals surface area contributed by atoms with Gasteiger partial charge < -0.3 is 0 Å². The molecule has 3 rings (SSSR count). The maximum Gasteiger partial charge on any atom is 0.0373 e. The first-order valence-electron chi connectivity index (χ1n) is 6.13. The molecule has 0 atom stereocenters. The fourth-order valence-electron chi connectivity index (χ4n) is 2.28. The quantitative estimate of drug-likeness (QED) is 0.713. The van der Waals surface area contributed by atoms with Gasteiger partial charge >= 0.3 is 0 Å². The number of aromatic nitrogens is 1. The zero-order valence-corrected chi connectivity index (χ0v) is 10.0. The Morgan fingerprint density at radius 1 is 1.12 bits per heavy atom. The van der Waals surface area contributed by atoms with E-state index >= 15 is 0 Å². The first kappa shape index (κ1) is 10.5. The standard InChI is InChI=1S/C16H15N/c1-12-6-7-16(11-17-12)15-9-8-13-4-2-3-5-14(13)10-15/h6-11H,2-4H2,1H3. The summed E-state index contributed by atoms with van der Waals surface area (Å²) in [5, 5.41) is 0. The van der Waals surface area contributed by atoms with Gasteiger partial charge in [-0.05, 0) is 48.9 Å². The summed E-state index contributed by atoms with van der Waals surface area (Å²) < 4.78 is 0. The average Bonchev–Trinajstić information content (AvgIpc) is 2.39. The monoisotopic (exact) mass is 221 g/mol. The van der Waals surface area contributed by atoms with Gasteiger partial charge in [-0.3, -0.25) is 4.98 Å². The second-order valence-corrected chi connectivity index (χ2v) is 4.59. The molecule has 0 saturated heterocycles. The Labute approximate surface area is 103 Å². The number of benzene rings is 1. The van der Waals surface area contributed by atoms with Crippen LogP contribution in [-0.4, -0.2) is 4.98 Å². The molecule has 0 fully saturated rings. The molecular formula is C16H15N. The molecule has 17 heavy (non-hydrogen) atoms. The fraction of sp³-hybridized carbons (Fsp3) is 0.250. The molecule has 2 radical (unpaired) electrons. The lowest BCUT2D eigenvalue weighted by Crippen LogP contribution is -2.00. The van der Waals surface area contributed by atoms with Crippen molar-refractivity contribution in [3.8, 4) is 11.1 Å². The van der Waals surface area contributed by atoms with Gasteiger partial charge in [-0.1, -0.05) is 24.3 Å². The molecule has 1 heteroatoms.